The molecule has 184 valence electrons. The summed E-state index contributed by atoms with van der Waals surface area (Å²) >= 11 is 0. The summed E-state index contributed by atoms with van der Waals surface area (Å²) in [7, 11) is 4.06. The molecule has 1 fully saturated rings. The number of nitrogens with one attached hydrogen (secondary N) is 2. The molecule has 4 aromatic heterocycles. The Morgan fingerprint density at radius 2 is 2.11 bits per heavy atom. The maximum absolute atomic E-state index is 13.6. The van der Waals surface area contributed by atoms with E-state index in [1.54, 1.807) is 29.2 Å². The van der Waals surface area contributed by atoms with Gasteiger partial charge in [0.2, 0.25) is 0 Å². The minimum atomic E-state index is -0.354. The van der Waals surface area contributed by atoms with E-state index in [2.05, 4.69) is 31.6 Å². The molecule has 36 heavy (non-hydrogen) atoms. The molecule has 9 nitrogen and oxygen atoms in total. The van der Waals surface area contributed by atoms with Gasteiger partial charge >= 0.3 is 0 Å². The first-order chi connectivity index (χ1) is 17.5. The Morgan fingerprint density at radius 3 is 2.92 bits per heavy atom. The normalized spacial score (nSPS) is 17.1. The maximum Gasteiger partial charge on any atom is 0.255 e. The smallest absolute Gasteiger partial charge is 0.255 e. The second-order valence-corrected chi connectivity index (χ2v) is 9.46. The molecule has 2 aliphatic heterocycles. The summed E-state index contributed by atoms with van der Waals surface area (Å²) in [4.78, 5) is 28.7. The average Bonchev–Trinajstić information content (AvgIpc) is 3.60. The van der Waals surface area contributed by atoms with Crippen molar-refractivity contribution in [2.75, 3.05) is 32.6 Å². The Balaban J connectivity index is 1.38. The van der Waals surface area contributed by atoms with Crippen LogP contribution in [0.2, 0.25) is 0 Å². The predicted octanol–water partition coefficient (Wildman–Crippen LogP) is 3.48. The van der Waals surface area contributed by atoms with Crippen molar-refractivity contribution in [1.82, 2.24) is 29.6 Å². The molecular weight excluding hydrogens is 461 g/mol. The molecule has 2 aliphatic rings. The zero-order valence-corrected chi connectivity index (χ0v) is 20.1. The molecule has 1 unspecified atom stereocenters. The number of hydrogen-bond acceptors (Lipinski definition) is 7. The van der Waals surface area contributed by atoms with Gasteiger partial charge in [0, 0.05) is 49.6 Å². The van der Waals surface area contributed by atoms with Crippen molar-refractivity contribution in [3.8, 4) is 11.3 Å². The lowest BCUT2D eigenvalue weighted by Gasteiger charge is -2.19. The van der Waals surface area contributed by atoms with Crippen LogP contribution in [0, 0.1) is 5.82 Å². The van der Waals surface area contributed by atoms with Crippen LogP contribution in [-0.4, -0.2) is 57.5 Å². The van der Waals surface area contributed by atoms with E-state index in [4.69, 9.17) is 9.72 Å². The van der Waals surface area contributed by atoms with E-state index in [9.17, 15) is 9.18 Å². The van der Waals surface area contributed by atoms with Gasteiger partial charge in [-0.15, -0.1) is 0 Å². The second kappa shape index (κ2) is 8.96. The molecule has 1 saturated heterocycles. The quantitative estimate of drug-likeness (QED) is 0.430. The minimum absolute atomic E-state index is 0.192. The molecule has 0 radical (unpaired) electrons. The van der Waals surface area contributed by atoms with Gasteiger partial charge in [0.1, 0.15) is 17.3 Å². The zero-order chi connectivity index (χ0) is 24.8. The summed E-state index contributed by atoms with van der Waals surface area (Å²) in [6, 6.07) is 4.83. The first kappa shape index (κ1) is 22.6. The SMILES string of the molecule is CN(C)Cc1cc(Nc2ncc(-c3cnc4cc(F)ccn34)c3c2C(=O)NC3)cnc1C1CCOC1. The van der Waals surface area contributed by atoms with Gasteiger partial charge in [0.25, 0.3) is 5.91 Å². The Kier molecular flexibility index (Phi) is 5.62. The number of imidazole rings is 1. The molecule has 4 aromatic rings. The fraction of sp³-hybridized carbons (Fsp3) is 0.308. The van der Waals surface area contributed by atoms with E-state index in [0.29, 0.717) is 36.1 Å². The number of hydrogen-bond donors (Lipinski definition) is 2. The fourth-order valence-electron chi connectivity index (χ4n) is 5.02. The lowest BCUT2D eigenvalue weighted by molar-refractivity contribution is 0.0966. The number of halogens is 1. The van der Waals surface area contributed by atoms with Crippen LogP contribution in [0.4, 0.5) is 15.9 Å². The van der Waals surface area contributed by atoms with Crippen molar-refractivity contribution < 1.29 is 13.9 Å². The van der Waals surface area contributed by atoms with Crippen LogP contribution in [0.15, 0.2) is 43.0 Å². The number of anilines is 2. The number of rotatable bonds is 6. The second-order valence-electron chi connectivity index (χ2n) is 9.46. The summed E-state index contributed by atoms with van der Waals surface area (Å²) in [6.45, 7) is 2.56. The van der Waals surface area contributed by atoms with Crippen LogP contribution in [-0.2, 0) is 17.8 Å². The molecule has 6 rings (SSSR count). The van der Waals surface area contributed by atoms with Crippen LogP contribution < -0.4 is 10.6 Å². The largest absolute Gasteiger partial charge is 0.381 e. The molecule has 0 aliphatic carbocycles. The average molecular weight is 488 g/mol. The summed E-state index contributed by atoms with van der Waals surface area (Å²) in [5.74, 6) is 0.217. The first-order valence-electron chi connectivity index (χ1n) is 11.9. The van der Waals surface area contributed by atoms with Crippen LogP contribution in [0.25, 0.3) is 16.9 Å². The summed E-state index contributed by atoms with van der Waals surface area (Å²) in [5.41, 5.74) is 6.27. The highest BCUT2D eigenvalue weighted by Crippen LogP contribution is 2.35. The van der Waals surface area contributed by atoms with Gasteiger partial charge in [-0.25, -0.2) is 14.4 Å². The summed E-state index contributed by atoms with van der Waals surface area (Å²) < 4.78 is 21.0. The highest BCUT2D eigenvalue weighted by Gasteiger charge is 2.29. The maximum atomic E-state index is 13.6. The van der Waals surface area contributed by atoms with Gasteiger partial charge in [-0.05, 0) is 43.8 Å². The van der Waals surface area contributed by atoms with Gasteiger partial charge in [0.15, 0.2) is 0 Å². The van der Waals surface area contributed by atoms with E-state index in [1.807, 2.05) is 14.1 Å². The van der Waals surface area contributed by atoms with Gasteiger partial charge in [-0.2, -0.15) is 0 Å². The third-order valence-corrected chi connectivity index (χ3v) is 6.66. The molecule has 0 saturated carbocycles. The number of amides is 1. The van der Waals surface area contributed by atoms with E-state index >= 15 is 0 Å². The lowest BCUT2D eigenvalue weighted by atomic mass is 9.98. The molecule has 1 amide bonds. The lowest BCUT2D eigenvalue weighted by Crippen LogP contribution is -2.16. The Morgan fingerprint density at radius 1 is 1.22 bits per heavy atom. The van der Waals surface area contributed by atoms with Gasteiger partial charge < -0.3 is 20.3 Å². The van der Waals surface area contributed by atoms with Gasteiger partial charge in [0.05, 0.1) is 41.6 Å². The number of pyridine rings is 3. The Labute approximate surface area is 207 Å². The molecule has 1 atom stereocenters. The predicted molar refractivity (Wildman–Crippen MR) is 133 cm³/mol. The number of nitrogens with zero attached hydrogens (tertiary/aromatic N) is 5. The van der Waals surface area contributed by atoms with E-state index in [0.717, 1.165) is 53.3 Å². The van der Waals surface area contributed by atoms with Crippen molar-refractivity contribution >= 4 is 23.1 Å². The molecule has 0 aromatic carbocycles. The van der Waals surface area contributed by atoms with E-state index < -0.39 is 0 Å². The van der Waals surface area contributed by atoms with E-state index in [1.165, 1.54) is 12.1 Å². The van der Waals surface area contributed by atoms with Crippen molar-refractivity contribution in [1.29, 1.82) is 0 Å². The third kappa shape index (κ3) is 3.98. The van der Waals surface area contributed by atoms with Crippen LogP contribution >= 0.6 is 0 Å². The first-order valence-corrected chi connectivity index (χ1v) is 11.9. The topological polar surface area (TPSA) is 96.7 Å². The van der Waals surface area contributed by atoms with Crippen LogP contribution in [0.3, 0.4) is 0 Å². The van der Waals surface area contributed by atoms with Crippen molar-refractivity contribution in [3.63, 3.8) is 0 Å². The monoisotopic (exact) mass is 487 g/mol. The fourth-order valence-corrected chi connectivity index (χ4v) is 5.02. The molecule has 6 heterocycles. The van der Waals surface area contributed by atoms with Gasteiger partial charge in [-0.3, -0.25) is 14.2 Å². The number of aromatic nitrogens is 4. The molecule has 2 N–H and O–H groups in total. The number of carbonyl (C=O) groups excluding carboxylic acids is 1. The zero-order valence-electron chi connectivity index (χ0n) is 20.1. The summed E-state index contributed by atoms with van der Waals surface area (Å²) in [5, 5.41) is 6.24. The highest BCUT2D eigenvalue weighted by atomic mass is 19.1. The molecular formula is C26H26FN7O2. The number of carbonyl (C=O) groups is 1. The number of ether oxygens (including phenoxy) is 1. The van der Waals surface area contributed by atoms with Gasteiger partial charge in [-0.1, -0.05) is 0 Å². The minimum Gasteiger partial charge on any atom is -0.381 e. The van der Waals surface area contributed by atoms with Crippen molar-refractivity contribution in [2.24, 2.45) is 0 Å². The number of fused-ring (bicyclic) bond motifs is 2. The Bertz CT molecular complexity index is 1480. The molecule has 10 heteroatoms. The standard InChI is InChI=1S/C26H26FN7O2/c1-33(2)13-16-7-18(9-29-24(16)15-4-6-36-14-15)32-25-23-20(11-31-26(23)35)19(10-30-25)21-12-28-22-8-17(27)3-5-34(21)22/h3,5,7-10,12,15H,4,6,11,13-14H2,1-2H3,(H,30,32)(H,31,35). The molecule has 0 spiro atoms. The highest BCUT2D eigenvalue weighted by molar-refractivity contribution is 6.05. The molecule has 0 bridgehead atoms. The van der Waals surface area contributed by atoms with Crippen LogP contribution in [0.5, 0.6) is 0 Å². The van der Waals surface area contributed by atoms with Crippen molar-refractivity contribution in [2.45, 2.75) is 25.4 Å². The third-order valence-electron chi connectivity index (χ3n) is 6.66. The van der Waals surface area contributed by atoms with Crippen molar-refractivity contribution in [3.05, 3.63) is 71.2 Å². The van der Waals surface area contributed by atoms with Crippen LogP contribution in [0.1, 0.15) is 39.5 Å². The van der Waals surface area contributed by atoms with E-state index in [-0.39, 0.29) is 11.7 Å². The Hall–Kier alpha value is -3.89. The summed E-state index contributed by atoms with van der Waals surface area (Å²) in [6.07, 6.45) is 7.79.